The highest BCUT2D eigenvalue weighted by Gasteiger charge is 2.28. The first kappa shape index (κ1) is 7.47. The Balaban J connectivity index is 2.35. The summed E-state index contributed by atoms with van der Waals surface area (Å²) in [4.78, 5) is 10.3. The molecule has 10 heavy (non-hydrogen) atoms. The van der Waals surface area contributed by atoms with Gasteiger partial charge >= 0.3 is 5.97 Å². The fourth-order valence-corrected chi connectivity index (χ4v) is 1.14. The summed E-state index contributed by atoms with van der Waals surface area (Å²) >= 11 is 0. The molecule has 0 bridgehead atoms. The minimum Gasteiger partial charge on any atom is -0.480 e. The van der Waals surface area contributed by atoms with E-state index in [1.807, 2.05) is 0 Å². The van der Waals surface area contributed by atoms with E-state index in [4.69, 9.17) is 5.11 Å². The molecule has 4 heteroatoms. The van der Waals surface area contributed by atoms with Gasteiger partial charge in [0, 0.05) is 6.04 Å². The van der Waals surface area contributed by atoms with E-state index in [2.05, 4.69) is 5.32 Å². The second kappa shape index (κ2) is 2.96. The summed E-state index contributed by atoms with van der Waals surface area (Å²) < 4.78 is 11.9. The van der Waals surface area contributed by atoms with E-state index >= 15 is 0 Å². The molecule has 0 aromatic rings. The molecule has 1 aliphatic rings. The van der Waals surface area contributed by atoms with Crippen LogP contribution < -0.4 is 5.32 Å². The monoisotopic (exact) mass is 147 g/mol. The summed E-state index contributed by atoms with van der Waals surface area (Å²) in [6.07, 6.45) is 1.18. The Morgan fingerprint density at radius 1 is 1.70 bits per heavy atom. The van der Waals surface area contributed by atoms with Crippen molar-refractivity contribution in [3.8, 4) is 0 Å². The van der Waals surface area contributed by atoms with Crippen molar-refractivity contribution < 1.29 is 14.3 Å². The van der Waals surface area contributed by atoms with Crippen molar-refractivity contribution in [2.24, 2.45) is 0 Å². The maximum atomic E-state index is 11.9. The number of hydrogen-bond donors (Lipinski definition) is 2. The van der Waals surface area contributed by atoms with Crippen LogP contribution >= 0.6 is 0 Å². The van der Waals surface area contributed by atoms with Crippen molar-refractivity contribution in [2.75, 3.05) is 6.67 Å². The number of carbonyl (C=O) groups is 1. The number of aliphatic carboxylic acids is 1. The summed E-state index contributed by atoms with van der Waals surface area (Å²) in [5, 5.41) is 11.1. The Labute approximate surface area is 58.2 Å². The lowest BCUT2D eigenvalue weighted by Crippen LogP contribution is -2.36. The first-order chi connectivity index (χ1) is 4.74. The van der Waals surface area contributed by atoms with Crippen LogP contribution in [0, 0.1) is 0 Å². The van der Waals surface area contributed by atoms with Crippen LogP contribution in [0.4, 0.5) is 4.39 Å². The highest BCUT2D eigenvalue weighted by Crippen LogP contribution is 2.12. The zero-order valence-electron chi connectivity index (χ0n) is 5.51. The molecular weight excluding hydrogens is 137 g/mol. The van der Waals surface area contributed by atoms with Gasteiger partial charge in [-0.1, -0.05) is 0 Å². The zero-order valence-corrected chi connectivity index (χ0v) is 5.51. The van der Waals surface area contributed by atoms with Crippen LogP contribution in [0.5, 0.6) is 0 Å². The topological polar surface area (TPSA) is 49.3 Å². The molecule has 0 saturated carbocycles. The third-order valence-corrected chi connectivity index (χ3v) is 1.73. The van der Waals surface area contributed by atoms with Gasteiger partial charge in [0.1, 0.15) is 12.7 Å². The third kappa shape index (κ3) is 1.44. The van der Waals surface area contributed by atoms with Gasteiger partial charge in [-0.15, -0.1) is 0 Å². The predicted molar refractivity (Wildman–Crippen MR) is 33.6 cm³/mol. The van der Waals surface area contributed by atoms with Crippen LogP contribution in [0.25, 0.3) is 0 Å². The molecule has 58 valence electrons. The molecule has 2 N–H and O–H groups in total. The van der Waals surface area contributed by atoms with E-state index in [0.717, 1.165) is 0 Å². The minimum absolute atomic E-state index is 0.235. The summed E-state index contributed by atoms with van der Waals surface area (Å²) in [6.45, 7) is -0.468. The van der Waals surface area contributed by atoms with Crippen molar-refractivity contribution in [2.45, 2.75) is 24.9 Å². The number of alkyl halides is 1. The molecule has 1 fully saturated rings. The molecule has 2 atom stereocenters. The lowest BCUT2D eigenvalue weighted by Gasteiger charge is -2.05. The summed E-state index contributed by atoms with van der Waals surface area (Å²) in [7, 11) is 0. The van der Waals surface area contributed by atoms with Gasteiger partial charge in [0.15, 0.2) is 0 Å². The average Bonchev–Trinajstić information content (AvgIpc) is 2.34. The van der Waals surface area contributed by atoms with E-state index < -0.39 is 18.7 Å². The van der Waals surface area contributed by atoms with Crippen LogP contribution in [0.15, 0.2) is 0 Å². The highest BCUT2D eigenvalue weighted by molar-refractivity contribution is 5.73. The Morgan fingerprint density at radius 2 is 2.40 bits per heavy atom. The number of rotatable bonds is 2. The molecule has 0 spiro atoms. The quantitative estimate of drug-likeness (QED) is 0.585. The van der Waals surface area contributed by atoms with Crippen LogP contribution in [-0.2, 0) is 4.79 Å². The molecule has 0 amide bonds. The number of nitrogens with one attached hydrogen (secondary N) is 1. The normalized spacial score (nSPS) is 32.5. The molecule has 0 radical (unpaired) electrons. The van der Waals surface area contributed by atoms with E-state index in [0.29, 0.717) is 12.8 Å². The molecule has 1 aliphatic heterocycles. The molecule has 1 heterocycles. The van der Waals surface area contributed by atoms with Gasteiger partial charge in [0.05, 0.1) is 0 Å². The van der Waals surface area contributed by atoms with Crippen molar-refractivity contribution >= 4 is 5.97 Å². The van der Waals surface area contributed by atoms with Gasteiger partial charge in [-0.25, -0.2) is 4.39 Å². The van der Waals surface area contributed by atoms with E-state index in [-0.39, 0.29) is 6.04 Å². The molecule has 0 unspecified atom stereocenters. The maximum Gasteiger partial charge on any atom is 0.320 e. The van der Waals surface area contributed by atoms with Crippen LogP contribution in [0.1, 0.15) is 12.8 Å². The lowest BCUT2D eigenvalue weighted by molar-refractivity contribution is -0.139. The van der Waals surface area contributed by atoms with E-state index in [9.17, 15) is 9.18 Å². The molecule has 1 saturated heterocycles. The van der Waals surface area contributed by atoms with E-state index in [1.54, 1.807) is 0 Å². The Hall–Kier alpha value is -0.640. The average molecular weight is 147 g/mol. The summed E-state index contributed by atoms with van der Waals surface area (Å²) in [5.74, 6) is -0.879. The molecule has 1 rings (SSSR count). The Bertz CT molecular complexity index is 140. The second-order valence-corrected chi connectivity index (χ2v) is 2.49. The van der Waals surface area contributed by atoms with Crippen LogP contribution in [0.3, 0.4) is 0 Å². The van der Waals surface area contributed by atoms with Crippen molar-refractivity contribution in [3.63, 3.8) is 0 Å². The van der Waals surface area contributed by atoms with E-state index in [1.165, 1.54) is 0 Å². The zero-order chi connectivity index (χ0) is 7.56. The maximum absolute atomic E-state index is 11.9. The summed E-state index contributed by atoms with van der Waals surface area (Å²) in [6, 6.07) is -0.762. The fraction of sp³-hybridized carbons (Fsp3) is 0.833. The van der Waals surface area contributed by atoms with Crippen molar-refractivity contribution in [1.29, 1.82) is 0 Å². The molecule has 3 nitrogen and oxygen atoms in total. The molecule has 0 aromatic heterocycles. The standard InChI is InChI=1S/C6H10FNO2/c7-3-4-1-2-5(8-4)6(9)10/h4-5,8H,1-3H2,(H,9,10)/t4-,5-/m1/s1. The molecular formula is C6H10FNO2. The van der Waals surface area contributed by atoms with Gasteiger partial charge in [-0.05, 0) is 12.8 Å². The SMILES string of the molecule is O=C(O)[C@H]1CC[C@H](CF)N1. The number of hydrogen-bond acceptors (Lipinski definition) is 2. The van der Waals surface area contributed by atoms with Gasteiger partial charge in [0.25, 0.3) is 0 Å². The van der Waals surface area contributed by atoms with Gasteiger partial charge in [0.2, 0.25) is 0 Å². The van der Waals surface area contributed by atoms with Crippen molar-refractivity contribution in [3.05, 3.63) is 0 Å². The summed E-state index contributed by atoms with van der Waals surface area (Å²) in [5.41, 5.74) is 0. The first-order valence-electron chi connectivity index (χ1n) is 3.29. The van der Waals surface area contributed by atoms with Crippen LogP contribution in [0.2, 0.25) is 0 Å². The van der Waals surface area contributed by atoms with Crippen LogP contribution in [-0.4, -0.2) is 29.8 Å². The van der Waals surface area contributed by atoms with Gasteiger partial charge in [-0.2, -0.15) is 0 Å². The smallest absolute Gasteiger partial charge is 0.320 e. The Kier molecular flexibility index (Phi) is 2.21. The Morgan fingerprint density at radius 3 is 2.70 bits per heavy atom. The second-order valence-electron chi connectivity index (χ2n) is 2.49. The number of halogens is 1. The minimum atomic E-state index is -0.879. The largest absolute Gasteiger partial charge is 0.480 e. The molecule has 0 aromatic carbocycles. The fourth-order valence-electron chi connectivity index (χ4n) is 1.14. The highest BCUT2D eigenvalue weighted by atomic mass is 19.1. The lowest BCUT2D eigenvalue weighted by atomic mass is 10.2. The first-order valence-corrected chi connectivity index (χ1v) is 3.29. The van der Waals surface area contributed by atoms with Gasteiger partial charge in [-0.3, -0.25) is 10.1 Å². The molecule has 0 aliphatic carbocycles. The number of carboxylic acid groups (broad SMARTS) is 1. The van der Waals surface area contributed by atoms with Gasteiger partial charge < -0.3 is 5.11 Å². The number of carboxylic acids is 1. The predicted octanol–water partition coefficient (Wildman–Crippen LogP) is 0.161. The van der Waals surface area contributed by atoms with Crippen molar-refractivity contribution in [1.82, 2.24) is 5.32 Å². The third-order valence-electron chi connectivity index (χ3n) is 1.73.